The Kier molecular flexibility index (Phi) is 8.94. The van der Waals surface area contributed by atoms with Crippen molar-refractivity contribution in [3.05, 3.63) is 23.3 Å². The summed E-state index contributed by atoms with van der Waals surface area (Å²) in [5, 5.41) is 2.55. The molecule has 21 heavy (non-hydrogen) atoms. The van der Waals surface area contributed by atoms with E-state index in [9.17, 15) is 0 Å². The molecule has 0 fully saturated rings. The molecule has 0 aromatic rings. The fourth-order valence-electron chi connectivity index (χ4n) is 3.22. The lowest BCUT2D eigenvalue weighted by Gasteiger charge is -2.27. The maximum Gasteiger partial charge on any atom is 0.0821 e. The number of allylic oxidation sites excluding steroid dienone is 4. The number of nitrogens with two attached hydrogens (primary N) is 1. The topological polar surface area (TPSA) is 21.1 Å². The summed E-state index contributed by atoms with van der Waals surface area (Å²) in [4.78, 5) is 1.57. The number of hydrogen-bond acceptors (Lipinski definition) is 0. The smallest absolute Gasteiger partial charge is 0.0821 e. The van der Waals surface area contributed by atoms with E-state index >= 15 is 0 Å². The first-order valence-corrected chi connectivity index (χ1v) is 8.91. The van der Waals surface area contributed by atoms with Crippen LogP contribution in [0.3, 0.4) is 0 Å². The van der Waals surface area contributed by atoms with Crippen LogP contribution in [0.1, 0.15) is 52.9 Å². The summed E-state index contributed by atoms with van der Waals surface area (Å²) in [5.41, 5.74) is 3.15. The molecule has 0 aromatic heterocycles. The Labute approximate surface area is 132 Å². The minimum Gasteiger partial charge on any atom is -0.346 e. The van der Waals surface area contributed by atoms with Crippen LogP contribution >= 0.6 is 0 Å². The molecule has 0 spiro atoms. The summed E-state index contributed by atoms with van der Waals surface area (Å²) < 4.78 is 0. The van der Waals surface area contributed by atoms with E-state index in [0.29, 0.717) is 0 Å². The average Bonchev–Trinajstić information content (AvgIpc) is 2.39. The summed E-state index contributed by atoms with van der Waals surface area (Å²) in [5.74, 6) is 1.76. The Morgan fingerprint density at radius 3 is 2.76 bits per heavy atom. The molecule has 122 valence electrons. The third kappa shape index (κ3) is 8.43. The normalized spacial score (nSPS) is 22.3. The highest BCUT2D eigenvalue weighted by Gasteiger charge is 2.23. The molecule has 0 radical (unpaired) electrons. The van der Waals surface area contributed by atoms with E-state index in [4.69, 9.17) is 0 Å². The zero-order chi connectivity index (χ0) is 15.7. The lowest BCUT2D eigenvalue weighted by atomic mass is 9.79. The van der Waals surface area contributed by atoms with Gasteiger partial charge in [0.1, 0.15) is 0 Å². The Morgan fingerprint density at radius 2 is 2.14 bits per heavy atom. The number of hydrogen-bond donors (Lipinski definition) is 2. The van der Waals surface area contributed by atoms with Gasteiger partial charge in [0.15, 0.2) is 0 Å². The average molecular weight is 295 g/mol. The molecule has 3 N–H and O–H groups in total. The summed E-state index contributed by atoms with van der Waals surface area (Å²) >= 11 is 0. The largest absolute Gasteiger partial charge is 0.346 e. The summed E-state index contributed by atoms with van der Waals surface area (Å²) in [6.45, 7) is 10.8. The zero-order valence-electron chi connectivity index (χ0n) is 15.0. The Morgan fingerprint density at radius 1 is 1.38 bits per heavy atom. The van der Waals surface area contributed by atoms with Crippen molar-refractivity contribution >= 4 is 0 Å². The van der Waals surface area contributed by atoms with E-state index in [1.165, 1.54) is 57.3 Å². The van der Waals surface area contributed by atoms with Crippen molar-refractivity contribution in [1.82, 2.24) is 0 Å². The molecule has 0 saturated carbocycles. The fraction of sp³-hybridized carbons (Fsp3) is 0.789. The maximum absolute atomic E-state index is 2.55. The Balaban J connectivity index is 2.21. The van der Waals surface area contributed by atoms with Gasteiger partial charge in [0.25, 0.3) is 0 Å². The third-order valence-electron chi connectivity index (χ3n) is 4.67. The molecule has 0 heterocycles. The van der Waals surface area contributed by atoms with E-state index in [-0.39, 0.29) is 0 Å². The second-order valence-electron chi connectivity index (χ2n) is 7.48. The van der Waals surface area contributed by atoms with E-state index in [2.05, 4.69) is 52.3 Å². The lowest BCUT2D eigenvalue weighted by Crippen LogP contribution is -3.06. The molecule has 0 unspecified atom stereocenters. The van der Waals surface area contributed by atoms with Crippen molar-refractivity contribution in [3.8, 4) is 0 Å². The Bertz CT molecular complexity index is 337. The van der Waals surface area contributed by atoms with E-state index < -0.39 is 0 Å². The van der Waals surface area contributed by atoms with Gasteiger partial charge >= 0.3 is 0 Å². The van der Waals surface area contributed by atoms with Gasteiger partial charge in [-0.25, -0.2) is 0 Å². The van der Waals surface area contributed by atoms with Gasteiger partial charge < -0.3 is 10.2 Å². The van der Waals surface area contributed by atoms with Gasteiger partial charge in [-0.05, 0) is 45.4 Å². The highest BCUT2D eigenvalue weighted by atomic mass is 15.1. The van der Waals surface area contributed by atoms with Crippen molar-refractivity contribution in [3.63, 3.8) is 0 Å². The molecule has 0 saturated heterocycles. The molecular weight excluding hydrogens is 256 g/mol. The van der Waals surface area contributed by atoms with Crippen LogP contribution in [0.25, 0.3) is 0 Å². The predicted octanol–water partition coefficient (Wildman–Crippen LogP) is 1.80. The van der Waals surface area contributed by atoms with Crippen molar-refractivity contribution in [2.45, 2.75) is 52.9 Å². The predicted molar refractivity (Wildman–Crippen MR) is 92.6 cm³/mol. The molecular formula is C19H38N2+2. The first kappa shape index (κ1) is 18.4. The van der Waals surface area contributed by atoms with Crippen LogP contribution in [0.4, 0.5) is 0 Å². The summed E-state index contributed by atoms with van der Waals surface area (Å²) in [6, 6.07) is 0. The SMILES string of the molecule is CC(C)=CCCC1=CC[C@H](C[NH2+]CCC[NH+](C)C)[C@@H](C)C1. The van der Waals surface area contributed by atoms with E-state index in [1.807, 2.05) is 0 Å². The molecule has 2 atom stereocenters. The van der Waals surface area contributed by atoms with E-state index in [1.54, 1.807) is 10.5 Å². The minimum absolute atomic E-state index is 0.868. The molecule has 1 rings (SSSR count). The van der Waals surface area contributed by atoms with Gasteiger partial charge in [0.05, 0.1) is 33.7 Å². The van der Waals surface area contributed by atoms with Crippen molar-refractivity contribution in [2.24, 2.45) is 11.8 Å². The molecule has 2 nitrogen and oxygen atoms in total. The minimum atomic E-state index is 0.868. The quantitative estimate of drug-likeness (QED) is 0.478. The second-order valence-corrected chi connectivity index (χ2v) is 7.48. The van der Waals surface area contributed by atoms with Gasteiger partial charge in [0.2, 0.25) is 0 Å². The van der Waals surface area contributed by atoms with Crippen LogP contribution in [0.5, 0.6) is 0 Å². The fourth-order valence-corrected chi connectivity index (χ4v) is 3.22. The van der Waals surface area contributed by atoms with Crippen LogP contribution in [0.15, 0.2) is 23.3 Å². The van der Waals surface area contributed by atoms with Crippen LogP contribution in [0, 0.1) is 11.8 Å². The molecule has 1 aliphatic rings. The Hall–Kier alpha value is -0.600. The first-order chi connectivity index (χ1) is 9.99. The molecule has 1 aliphatic carbocycles. The van der Waals surface area contributed by atoms with Crippen molar-refractivity contribution in [2.75, 3.05) is 33.7 Å². The highest BCUT2D eigenvalue weighted by Crippen LogP contribution is 2.30. The third-order valence-corrected chi connectivity index (χ3v) is 4.67. The maximum atomic E-state index is 2.55. The van der Waals surface area contributed by atoms with Gasteiger partial charge in [-0.2, -0.15) is 0 Å². The zero-order valence-corrected chi connectivity index (χ0v) is 15.0. The van der Waals surface area contributed by atoms with Crippen LogP contribution in [-0.2, 0) is 0 Å². The highest BCUT2D eigenvalue weighted by molar-refractivity contribution is 5.09. The molecule has 0 amide bonds. The second kappa shape index (κ2) is 10.2. The van der Waals surface area contributed by atoms with Gasteiger partial charge in [-0.1, -0.05) is 30.2 Å². The van der Waals surface area contributed by atoms with Crippen molar-refractivity contribution in [1.29, 1.82) is 0 Å². The van der Waals surface area contributed by atoms with E-state index in [0.717, 1.165) is 11.8 Å². The van der Waals surface area contributed by atoms with Crippen LogP contribution in [-0.4, -0.2) is 33.7 Å². The number of rotatable bonds is 9. The van der Waals surface area contributed by atoms with Crippen LogP contribution in [0.2, 0.25) is 0 Å². The molecule has 0 aromatic carbocycles. The molecule has 0 bridgehead atoms. The first-order valence-electron chi connectivity index (χ1n) is 8.91. The molecule has 2 heteroatoms. The number of quaternary nitrogens is 2. The van der Waals surface area contributed by atoms with Crippen molar-refractivity contribution < 1.29 is 10.2 Å². The molecule has 0 aliphatic heterocycles. The van der Waals surface area contributed by atoms with Gasteiger partial charge in [-0.3, -0.25) is 0 Å². The summed E-state index contributed by atoms with van der Waals surface area (Å²) in [6.07, 6.45) is 11.4. The number of nitrogens with one attached hydrogen (secondary N) is 1. The monoisotopic (exact) mass is 294 g/mol. The van der Waals surface area contributed by atoms with Gasteiger partial charge in [0, 0.05) is 12.3 Å². The lowest BCUT2D eigenvalue weighted by molar-refractivity contribution is -0.860. The standard InChI is InChI=1S/C19H36N2/c1-16(2)8-6-9-18-10-11-19(17(3)14-18)15-20-12-7-13-21(4)5/h8,10,17,19-20H,6-7,9,11-15H2,1-5H3/p+2/t17-,19+/m0/s1. The summed E-state index contributed by atoms with van der Waals surface area (Å²) in [7, 11) is 4.48. The van der Waals surface area contributed by atoms with Crippen LogP contribution < -0.4 is 10.2 Å². The van der Waals surface area contributed by atoms with Gasteiger partial charge in [-0.15, -0.1) is 0 Å².